The zero-order valence-electron chi connectivity index (χ0n) is 9.86. The maximum atomic E-state index is 13.3. The number of aryl methyl sites for hydroxylation is 1. The van der Waals surface area contributed by atoms with Crippen LogP contribution < -0.4 is 5.73 Å². The zero-order chi connectivity index (χ0) is 12.3. The summed E-state index contributed by atoms with van der Waals surface area (Å²) in [5.41, 5.74) is 7.08. The lowest BCUT2D eigenvalue weighted by Gasteiger charge is -2.07. The molecule has 0 bridgehead atoms. The van der Waals surface area contributed by atoms with E-state index in [1.54, 1.807) is 12.3 Å². The van der Waals surface area contributed by atoms with Crippen LogP contribution in [0.4, 0.5) is 4.39 Å². The van der Waals surface area contributed by atoms with Gasteiger partial charge in [-0.25, -0.2) is 9.37 Å². The summed E-state index contributed by atoms with van der Waals surface area (Å²) in [7, 11) is 0. The van der Waals surface area contributed by atoms with E-state index < -0.39 is 0 Å². The molecule has 1 aromatic carbocycles. The van der Waals surface area contributed by atoms with Crippen LogP contribution in [0.5, 0.6) is 0 Å². The van der Waals surface area contributed by atoms with Gasteiger partial charge in [0, 0.05) is 37.5 Å². The number of imidazole rings is 1. The molecule has 2 N–H and O–H groups in total. The van der Waals surface area contributed by atoms with Crippen LogP contribution in [0.15, 0.2) is 30.6 Å². The van der Waals surface area contributed by atoms with Crippen LogP contribution in [0.25, 0.3) is 0 Å². The lowest BCUT2D eigenvalue weighted by Crippen LogP contribution is -2.04. The average Bonchev–Trinajstić information content (AvgIpc) is 2.79. The van der Waals surface area contributed by atoms with Gasteiger partial charge in [0.1, 0.15) is 11.6 Å². The molecular weight excluding hydrogens is 217 g/mol. The summed E-state index contributed by atoms with van der Waals surface area (Å²) >= 11 is 0. The summed E-state index contributed by atoms with van der Waals surface area (Å²) < 4.78 is 15.4. The zero-order valence-corrected chi connectivity index (χ0v) is 9.86. The molecule has 0 aliphatic carbocycles. The number of halogens is 1. The molecule has 0 aliphatic rings. The third kappa shape index (κ3) is 2.53. The van der Waals surface area contributed by atoms with Gasteiger partial charge in [0.2, 0.25) is 0 Å². The topological polar surface area (TPSA) is 43.8 Å². The van der Waals surface area contributed by atoms with Gasteiger partial charge in [-0.3, -0.25) is 0 Å². The predicted molar refractivity (Wildman–Crippen MR) is 65.0 cm³/mol. The summed E-state index contributed by atoms with van der Waals surface area (Å²) in [5.74, 6) is 0.747. The highest BCUT2D eigenvalue weighted by Gasteiger charge is 2.06. The Balaban J connectivity index is 2.24. The van der Waals surface area contributed by atoms with Crippen molar-refractivity contribution in [3.8, 4) is 0 Å². The van der Waals surface area contributed by atoms with Gasteiger partial charge in [0.15, 0.2) is 0 Å². The first-order valence-electron chi connectivity index (χ1n) is 5.72. The first kappa shape index (κ1) is 11.8. The first-order chi connectivity index (χ1) is 8.24. The van der Waals surface area contributed by atoms with Gasteiger partial charge in [0.05, 0.1) is 0 Å². The van der Waals surface area contributed by atoms with Gasteiger partial charge >= 0.3 is 0 Å². The van der Waals surface area contributed by atoms with Crippen molar-refractivity contribution in [3.05, 3.63) is 53.4 Å². The second-order valence-electron chi connectivity index (χ2n) is 3.94. The second kappa shape index (κ2) is 5.10. The summed E-state index contributed by atoms with van der Waals surface area (Å²) in [6.07, 6.45) is 4.43. The molecule has 0 radical (unpaired) electrons. The standard InChI is InChI=1S/C13H16FN3/c1-2-17-6-5-16-13(17)8-10-3-4-12(14)11(7-10)9-15/h3-7H,2,8-9,15H2,1H3. The van der Waals surface area contributed by atoms with Crippen molar-refractivity contribution in [2.75, 3.05) is 0 Å². The van der Waals surface area contributed by atoms with E-state index in [2.05, 4.69) is 16.5 Å². The van der Waals surface area contributed by atoms with E-state index in [0.29, 0.717) is 12.0 Å². The Bertz CT molecular complexity index is 505. The molecule has 0 unspecified atom stereocenters. The average molecular weight is 233 g/mol. The fraction of sp³-hybridized carbons (Fsp3) is 0.308. The first-order valence-corrected chi connectivity index (χ1v) is 5.72. The molecule has 1 heterocycles. The molecule has 2 aromatic rings. The minimum absolute atomic E-state index is 0.224. The maximum Gasteiger partial charge on any atom is 0.127 e. The van der Waals surface area contributed by atoms with E-state index in [9.17, 15) is 4.39 Å². The summed E-state index contributed by atoms with van der Waals surface area (Å²) in [6.45, 7) is 3.18. The molecule has 0 amide bonds. The van der Waals surface area contributed by atoms with Crippen molar-refractivity contribution < 1.29 is 4.39 Å². The van der Waals surface area contributed by atoms with E-state index in [-0.39, 0.29) is 12.4 Å². The van der Waals surface area contributed by atoms with Crippen LogP contribution in [0.1, 0.15) is 23.9 Å². The molecular formula is C13H16FN3. The van der Waals surface area contributed by atoms with Crippen molar-refractivity contribution in [3.63, 3.8) is 0 Å². The maximum absolute atomic E-state index is 13.3. The van der Waals surface area contributed by atoms with Gasteiger partial charge in [-0.15, -0.1) is 0 Å². The Morgan fingerprint density at radius 1 is 1.41 bits per heavy atom. The smallest absolute Gasteiger partial charge is 0.127 e. The molecule has 0 fully saturated rings. The minimum Gasteiger partial charge on any atom is -0.335 e. The van der Waals surface area contributed by atoms with E-state index in [4.69, 9.17) is 5.73 Å². The number of aromatic nitrogens is 2. The van der Waals surface area contributed by atoms with Crippen LogP contribution in [-0.2, 0) is 19.5 Å². The van der Waals surface area contributed by atoms with Gasteiger partial charge in [-0.1, -0.05) is 12.1 Å². The highest BCUT2D eigenvalue weighted by molar-refractivity contribution is 5.27. The van der Waals surface area contributed by atoms with Crippen LogP contribution in [0.2, 0.25) is 0 Å². The normalized spacial score (nSPS) is 10.8. The van der Waals surface area contributed by atoms with Crippen molar-refractivity contribution in [2.45, 2.75) is 26.4 Å². The second-order valence-corrected chi connectivity index (χ2v) is 3.94. The van der Waals surface area contributed by atoms with Gasteiger partial charge in [0.25, 0.3) is 0 Å². The molecule has 0 saturated carbocycles. The van der Waals surface area contributed by atoms with E-state index in [0.717, 1.165) is 17.9 Å². The number of hydrogen-bond donors (Lipinski definition) is 1. The fourth-order valence-corrected chi connectivity index (χ4v) is 1.87. The number of hydrogen-bond acceptors (Lipinski definition) is 2. The predicted octanol–water partition coefficient (Wildman–Crippen LogP) is 2.09. The van der Waals surface area contributed by atoms with Crippen molar-refractivity contribution in [1.29, 1.82) is 0 Å². The number of nitrogens with zero attached hydrogens (tertiary/aromatic N) is 2. The van der Waals surface area contributed by atoms with E-state index >= 15 is 0 Å². The number of rotatable bonds is 4. The molecule has 3 nitrogen and oxygen atoms in total. The molecule has 4 heteroatoms. The molecule has 2 rings (SSSR count). The lowest BCUT2D eigenvalue weighted by atomic mass is 10.1. The number of nitrogens with two attached hydrogens (primary N) is 1. The quantitative estimate of drug-likeness (QED) is 0.878. The van der Waals surface area contributed by atoms with Gasteiger partial charge < -0.3 is 10.3 Å². The van der Waals surface area contributed by atoms with Crippen LogP contribution >= 0.6 is 0 Å². The minimum atomic E-state index is -0.241. The Kier molecular flexibility index (Phi) is 3.54. The molecule has 0 atom stereocenters. The highest BCUT2D eigenvalue weighted by atomic mass is 19.1. The summed E-state index contributed by atoms with van der Waals surface area (Å²) in [4.78, 5) is 4.30. The van der Waals surface area contributed by atoms with E-state index in [1.165, 1.54) is 6.07 Å². The van der Waals surface area contributed by atoms with Crippen LogP contribution in [0.3, 0.4) is 0 Å². The van der Waals surface area contributed by atoms with Gasteiger partial charge in [-0.05, 0) is 18.6 Å². The third-order valence-electron chi connectivity index (χ3n) is 2.83. The Morgan fingerprint density at radius 3 is 2.94 bits per heavy atom. The molecule has 0 aliphatic heterocycles. The van der Waals surface area contributed by atoms with Crippen molar-refractivity contribution in [1.82, 2.24) is 9.55 Å². The van der Waals surface area contributed by atoms with Crippen molar-refractivity contribution >= 4 is 0 Å². The largest absolute Gasteiger partial charge is 0.335 e. The molecule has 1 aromatic heterocycles. The summed E-state index contributed by atoms with van der Waals surface area (Å²) in [5, 5.41) is 0. The molecule has 0 saturated heterocycles. The Hall–Kier alpha value is -1.68. The Labute approximate surface area is 100 Å². The monoisotopic (exact) mass is 233 g/mol. The molecule has 0 spiro atoms. The lowest BCUT2D eigenvalue weighted by molar-refractivity contribution is 0.609. The third-order valence-corrected chi connectivity index (χ3v) is 2.83. The summed E-state index contributed by atoms with van der Waals surface area (Å²) in [6, 6.07) is 5.06. The van der Waals surface area contributed by atoms with Gasteiger partial charge in [-0.2, -0.15) is 0 Å². The Morgan fingerprint density at radius 2 is 2.24 bits per heavy atom. The van der Waals surface area contributed by atoms with Crippen molar-refractivity contribution in [2.24, 2.45) is 5.73 Å². The number of benzene rings is 1. The highest BCUT2D eigenvalue weighted by Crippen LogP contribution is 2.13. The molecule has 17 heavy (non-hydrogen) atoms. The van der Waals surface area contributed by atoms with E-state index in [1.807, 2.05) is 12.3 Å². The SMILES string of the molecule is CCn1ccnc1Cc1ccc(F)c(CN)c1. The van der Waals surface area contributed by atoms with Crippen LogP contribution in [0, 0.1) is 5.82 Å². The molecule has 90 valence electrons. The fourth-order valence-electron chi connectivity index (χ4n) is 1.87. The van der Waals surface area contributed by atoms with Crippen LogP contribution in [-0.4, -0.2) is 9.55 Å².